The van der Waals surface area contributed by atoms with E-state index in [4.69, 9.17) is 21.1 Å². The monoisotopic (exact) mass is 436 g/mol. The Morgan fingerprint density at radius 3 is 2.66 bits per heavy atom. The van der Waals surface area contributed by atoms with E-state index in [1.165, 1.54) is 13.2 Å². The lowest BCUT2D eigenvalue weighted by atomic mass is 10.2. The van der Waals surface area contributed by atoms with Gasteiger partial charge >= 0.3 is 5.97 Å². The summed E-state index contributed by atoms with van der Waals surface area (Å²) >= 11 is 6.73. The number of ether oxygens (including phenoxy) is 2. The van der Waals surface area contributed by atoms with Crippen molar-refractivity contribution in [3.63, 3.8) is 0 Å². The molecule has 150 valence electrons. The molecule has 10 heteroatoms. The molecular formula is C19H14ClFN2O5S. The minimum absolute atomic E-state index is 0.0197. The largest absolute Gasteiger partial charge is 0.487 e. The molecule has 0 radical (unpaired) electrons. The van der Waals surface area contributed by atoms with Gasteiger partial charge in [-0.3, -0.25) is 10.1 Å². The second kappa shape index (κ2) is 8.89. The first-order chi connectivity index (χ1) is 13.9. The number of nitrogens with one attached hydrogen (secondary N) is 1. The highest BCUT2D eigenvalue weighted by Gasteiger charge is 2.22. The van der Waals surface area contributed by atoms with Gasteiger partial charge in [-0.15, -0.1) is 11.3 Å². The van der Waals surface area contributed by atoms with Crippen LogP contribution in [0.3, 0.4) is 0 Å². The number of rotatable bonds is 7. The highest BCUT2D eigenvalue weighted by molar-refractivity contribution is 7.18. The number of thiophene rings is 1. The molecule has 3 rings (SSSR count). The molecule has 0 aliphatic carbocycles. The van der Waals surface area contributed by atoms with E-state index >= 15 is 0 Å². The smallest absolute Gasteiger partial charge is 0.351 e. The molecule has 0 spiro atoms. The molecule has 1 N–H and O–H groups in total. The van der Waals surface area contributed by atoms with Gasteiger partial charge in [0.25, 0.3) is 5.69 Å². The topological polar surface area (TPSA) is 90.7 Å². The first kappa shape index (κ1) is 20.6. The summed E-state index contributed by atoms with van der Waals surface area (Å²) in [4.78, 5) is 22.8. The third-order valence-corrected chi connectivity index (χ3v) is 5.10. The first-order valence-corrected chi connectivity index (χ1v) is 9.38. The van der Waals surface area contributed by atoms with E-state index in [2.05, 4.69) is 5.32 Å². The average Bonchev–Trinajstić information content (AvgIpc) is 3.11. The van der Waals surface area contributed by atoms with Gasteiger partial charge in [0.15, 0.2) is 4.88 Å². The van der Waals surface area contributed by atoms with E-state index in [1.807, 2.05) is 30.3 Å². The van der Waals surface area contributed by atoms with Crippen LogP contribution in [0.1, 0.15) is 15.2 Å². The van der Waals surface area contributed by atoms with Gasteiger partial charge < -0.3 is 14.8 Å². The molecule has 0 atom stereocenters. The van der Waals surface area contributed by atoms with Gasteiger partial charge in [0.05, 0.1) is 28.1 Å². The van der Waals surface area contributed by atoms with Gasteiger partial charge in [-0.1, -0.05) is 41.9 Å². The van der Waals surface area contributed by atoms with Crippen LogP contribution in [0.5, 0.6) is 5.75 Å². The minimum Gasteiger partial charge on any atom is -0.487 e. The Balaban J connectivity index is 1.91. The zero-order chi connectivity index (χ0) is 21.0. The van der Waals surface area contributed by atoms with Crippen LogP contribution in [-0.4, -0.2) is 18.0 Å². The molecule has 0 bridgehead atoms. The maximum atomic E-state index is 13.6. The fraction of sp³-hybridized carbons (Fsp3) is 0.105. The van der Waals surface area contributed by atoms with Gasteiger partial charge in [-0.05, 0) is 11.6 Å². The Morgan fingerprint density at radius 1 is 1.28 bits per heavy atom. The molecule has 0 unspecified atom stereocenters. The standard InChI is InChI=1S/C19H14ClFN2O5S/c1-27-19(24)18-16(28-10-11-5-3-2-4-6-11)9-17(29-18)22-14-7-12(20)13(21)8-15(14)23(25)26/h2-9,22H,10H2,1H3. The number of benzene rings is 2. The zero-order valence-electron chi connectivity index (χ0n) is 15.0. The maximum absolute atomic E-state index is 13.6. The van der Waals surface area contributed by atoms with Gasteiger partial charge in [-0.25, -0.2) is 9.18 Å². The second-order valence-corrected chi connectivity index (χ2v) is 7.19. The summed E-state index contributed by atoms with van der Waals surface area (Å²) in [6, 6.07) is 12.7. The van der Waals surface area contributed by atoms with Crippen molar-refractivity contribution in [1.82, 2.24) is 0 Å². The van der Waals surface area contributed by atoms with Gasteiger partial charge in [-0.2, -0.15) is 0 Å². The molecule has 0 aliphatic rings. The molecule has 0 fully saturated rings. The molecule has 0 saturated carbocycles. The quantitative estimate of drug-likeness (QED) is 0.296. The number of methoxy groups -OCH3 is 1. The lowest BCUT2D eigenvalue weighted by Gasteiger charge is -2.06. The molecule has 0 amide bonds. The minimum atomic E-state index is -0.905. The molecule has 3 aromatic rings. The normalized spacial score (nSPS) is 10.4. The summed E-state index contributed by atoms with van der Waals surface area (Å²) in [5, 5.41) is 14.1. The highest BCUT2D eigenvalue weighted by Crippen LogP contribution is 2.39. The van der Waals surface area contributed by atoms with Crippen molar-refractivity contribution < 1.29 is 23.6 Å². The molecule has 1 heterocycles. The number of carbonyl (C=O) groups is 1. The first-order valence-electron chi connectivity index (χ1n) is 8.18. The van der Waals surface area contributed by atoms with Crippen molar-refractivity contribution in [3.05, 3.63) is 79.9 Å². The van der Waals surface area contributed by atoms with Crippen LogP contribution in [0.25, 0.3) is 0 Å². The number of esters is 1. The number of nitro groups is 1. The Hall–Kier alpha value is -3.17. The SMILES string of the molecule is COC(=O)c1sc(Nc2cc(Cl)c(F)cc2[N+](=O)[O-])cc1OCc1ccccc1. The number of nitro benzene ring substituents is 1. The fourth-order valence-corrected chi connectivity index (χ4v) is 3.53. The zero-order valence-corrected chi connectivity index (χ0v) is 16.6. The van der Waals surface area contributed by atoms with Gasteiger partial charge in [0.2, 0.25) is 0 Å². The van der Waals surface area contributed by atoms with Crippen molar-refractivity contribution in [2.75, 3.05) is 12.4 Å². The van der Waals surface area contributed by atoms with Gasteiger partial charge in [0, 0.05) is 6.07 Å². The van der Waals surface area contributed by atoms with Crippen molar-refractivity contribution in [2.24, 2.45) is 0 Å². The van der Waals surface area contributed by atoms with E-state index in [0.29, 0.717) is 5.00 Å². The Kier molecular flexibility index (Phi) is 6.30. The second-order valence-electron chi connectivity index (χ2n) is 5.74. The van der Waals surface area contributed by atoms with E-state index < -0.39 is 22.4 Å². The van der Waals surface area contributed by atoms with Crippen molar-refractivity contribution in [2.45, 2.75) is 6.61 Å². The molecule has 29 heavy (non-hydrogen) atoms. The summed E-state index contributed by atoms with van der Waals surface area (Å²) < 4.78 is 24.1. The molecule has 1 aromatic heterocycles. The van der Waals surface area contributed by atoms with Crippen LogP contribution < -0.4 is 10.1 Å². The van der Waals surface area contributed by atoms with Crippen molar-refractivity contribution in [3.8, 4) is 5.75 Å². The maximum Gasteiger partial charge on any atom is 0.351 e. The summed E-state index contributed by atoms with van der Waals surface area (Å²) in [7, 11) is 1.24. The molecule has 0 saturated heterocycles. The number of hydrogen-bond acceptors (Lipinski definition) is 7. The van der Waals surface area contributed by atoms with Crippen LogP contribution in [0.15, 0.2) is 48.5 Å². The van der Waals surface area contributed by atoms with Crippen LogP contribution in [-0.2, 0) is 11.3 Å². The lowest BCUT2D eigenvalue weighted by molar-refractivity contribution is -0.384. The number of anilines is 2. The summed E-state index contributed by atoms with van der Waals surface area (Å²) in [6.45, 7) is 0.212. The third-order valence-electron chi connectivity index (χ3n) is 3.80. The Bertz CT molecular complexity index is 1060. The Morgan fingerprint density at radius 2 is 2.00 bits per heavy atom. The van der Waals surface area contributed by atoms with Crippen molar-refractivity contribution >= 4 is 45.3 Å². The highest BCUT2D eigenvalue weighted by atomic mass is 35.5. The van der Waals surface area contributed by atoms with E-state index in [0.717, 1.165) is 29.0 Å². The van der Waals surface area contributed by atoms with Crippen molar-refractivity contribution in [1.29, 1.82) is 0 Å². The molecule has 2 aromatic carbocycles. The molecule has 0 aliphatic heterocycles. The molecule has 7 nitrogen and oxygen atoms in total. The van der Waals surface area contributed by atoms with E-state index in [9.17, 15) is 19.3 Å². The summed E-state index contributed by atoms with van der Waals surface area (Å²) in [5.41, 5.74) is 0.380. The summed E-state index contributed by atoms with van der Waals surface area (Å²) in [6.07, 6.45) is 0. The lowest BCUT2D eigenvalue weighted by Crippen LogP contribution is -2.02. The van der Waals surface area contributed by atoms with Crippen LogP contribution in [0.2, 0.25) is 5.02 Å². The van der Waals surface area contributed by atoms with Crippen LogP contribution in [0, 0.1) is 15.9 Å². The summed E-state index contributed by atoms with van der Waals surface area (Å²) in [5.74, 6) is -1.26. The average molecular weight is 437 g/mol. The van der Waals surface area contributed by atoms with Crippen LogP contribution >= 0.6 is 22.9 Å². The predicted octanol–water partition coefficient (Wildman–Crippen LogP) is 5.56. The predicted molar refractivity (Wildman–Crippen MR) is 108 cm³/mol. The number of hydrogen-bond donors (Lipinski definition) is 1. The van der Waals surface area contributed by atoms with Crippen LogP contribution in [0.4, 0.5) is 20.8 Å². The van der Waals surface area contributed by atoms with E-state index in [1.54, 1.807) is 0 Å². The third kappa shape index (κ3) is 4.82. The number of halogens is 2. The number of nitrogens with zero attached hydrogens (tertiary/aromatic N) is 1. The fourth-order valence-electron chi connectivity index (χ4n) is 2.43. The molecular weight excluding hydrogens is 423 g/mol. The van der Waals surface area contributed by atoms with Gasteiger partial charge in [0.1, 0.15) is 23.9 Å². The number of carbonyl (C=O) groups excluding carboxylic acids is 1. The van der Waals surface area contributed by atoms with E-state index in [-0.39, 0.29) is 27.9 Å². The Labute approximate surface area is 173 Å².